The molecule has 0 saturated carbocycles. The predicted molar refractivity (Wildman–Crippen MR) is 74.5 cm³/mol. The van der Waals surface area contributed by atoms with Gasteiger partial charge in [-0.05, 0) is 39.1 Å². The third-order valence-electron chi connectivity index (χ3n) is 3.98. The van der Waals surface area contributed by atoms with Gasteiger partial charge in [-0.25, -0.2) is 4.39 Å². The first-order chi connectivity index (χ1) is 8.94. The Morgan fingerprint density at radius 1 is 1.47 bits per heavy atom. The van der Waals surface area contributed by atoms with E-state index in [0.29, 0.717) is 6.42 Å². The van der Waals surface area contributed by atoms with E-state index in [9.17, 15) is 4.39 Å². The van der Waals surface area contributed by atoms with Gasteiger partial charge in [0.25, 0.3) is 0 Å². The predicted octanol–water partition coefficient (Wildman–Crippen LogP) is 2.64. The summed E-state index contributed by atoms with van der Waals surface area (Å²) in [5.74, 6) is -0.232. The van der Waals surface area contributed by atoms with Crippen molar-refractivity contribution in [2.45, 2.75) is 31.8 Å². The van der Waals surface area contributed by atoms with Crippen LogP contribution in [0.15, 0.2) is 24.3 Å². The Morgan fingerprint density at radius 3 is 2.84 bits per heavy atom. The molecule has 102 valence electrons. The number of hydrogen-bond donors (Lipinski definition) is 0. The number of nitriles is 1. The van der Waals surface area contributed by atoms with Gasteiger partial charge in [0.1, 0.15) is 5.82 Å². The lowest BCUT2D eigenvalue weighted by atomic mass is 9.94. The Morgan fingerprint density at radius 2 is 2.21 bits per heavy atom. The van der Waals surface area contributed by atoms with E-state index in [1.54, 1.807) is 12.1 Å². The molecule has 0 amide bonds. The minimum atomic E-state index is -0.232. The molecule has 2 rings (SSSR count). The molecule has 1 unspecified atom stereocenters. The minimum absolute atomic E-state index is 0.0122. The van der Waals surface area contributed by atoms with Gasteiger partial charge in [0, 0.05) is 24.3 Å². The summed E-state index contributed by atoms with van der Waals surface area (Å²) in [5, 5.41) is 8.98. The molecule has 1 aromatic carbocycles. The quantitative estimate of drug-likeness (QED) is 0.820. The monoisotopic (exact) mass is 261 g/mol. The topological polar surface area (TPSA) is 30.3 Å². The van der Waals surface area contributed by atoms with Crippen LogP contribution in [0.1, 0.15) is 20.3 Å². The summed E-state index contributed by atoms with van der Waals surface area (Å²) in [5.41, 5.74) is 0.875. The zero-order valence-corrected chi connectivity index (χ0v) is 11.7. The molecule has 1 saturated heterocycles. The van der Waals surface area contributed by atoms with E-state index < -0.39 is 0 Å². The number of benzene rings is 1. The van der Waals surface area contributed by atoms with Gasteiger partial charge in [-0.2, -0.15) is 5.26 Å². The molecule has 4 heteroatoms. The summed E-state index contributed by atoms with van der Waals surface area (Å²) < 4.78 is 13.4. The number of piperazine rings is 1. The number of nitrogens with zero attached hydrogens (tertiary/aromatic N) is 3. The third kappa shape index (κ3) is 2.87. The minimum Gasteiger partial charge on any atom is -0.364 e. The summed E-state index contributed by atoms with van der Waals surface area (Å²) in [4.78, 5) is 4.43. The SMILES string of the molecule is CN1CC(CC#N)N(c2cccc(F)c2)CC1(C)C. The molecule has 3 nitrogen and oxygen atoms in total. The number of hydrogen-bond acceptors (Lipinski definition) is 3. The summed E-state index contributed by atoms with van der Waals surface area (Å²) in [7, 11) is 2.08. The zero-order chi connectivity index (χ0) is 14.0. The van der Waals surface area contributed by atoms with Gasteiger partial charge in [-0.15, -0.1) is 0 Å². The molecule has 1 aliphatic heterocycles. The van der Waals surface area contributed by atoms with E-state index in [0.717, 1.165) is 18.8 Å². The van der Waals surface area contributed by atoms with Crippen molar-refractivity contribution in [3.8, 4) is 6.07 Å². The maximum absolute atomic E-state index is 13.4. The zero-order valence-electron chi connectivity index (χ0n) is 11.7. The number of rotatable bonds is 2. The average Bonchev–Trinajstić information content (AvgIpc) is 2.34. The van der Waals surface area contributed by atoms with Gasteiger partial charge in [0.05, 0.1) is 18.5 Å². The van der Waals surface area contributed by atoms with Crippen molar-refractivity contribution in [2.75, 3.05) is 25.0 Å². The van der Waals surface area contributed by atoms with Crippen molar-refractivity contribution in [2.24, 2.45) is 0 Å². The molecule has 0 N–H and O–H groups in total. The highest BCUT2D eigenvalue weighted by molar-refractivity contribution is 5.49. The van der Waals surface area contributed by atoms with Gasteiger partial charge < -0.3 is 4.90 Å². The van der Waals surface area contributed by atoms with Crippen molar-refractivity contribution >= 4 is 5.69 Å². The molecular formula is C15H20FN3. The van der Waals surface area contributed by atoms with Gasteiger partial charge in [0.15, 0.2) is 0 Å². The Hall–Kier alpha value is -1.60. The van der Waals surface area contributed by atoms with Crippen LogP contribution >= 0.6 is 0 Å². The summed E-state index contributed by atoms with van der Waals surface area (Å²) >= 11 is 0. The van der Waals surface area contributed by atoms with Crippen LogP contribution in [0, 0.1) is 17.1 Å². The first-order valence-electron chi connectivity index (χ1n) is 6.54. The van der Waals surface area contributed by atoms with Gasteiger partial charge in [0.2, 0.25) is 0 Å². The van der Waals surface area contributed by atoms with Crippen molar-refractivity contribution < 1.29 is 4.39 Å². The van der Waals surface area contributed by atoms with E-state index in [1.807, 2.05) is 6.07 Å². The molecule has 0 aromatic heterocycles. The van der Waals surface area contributed by atoms with E-state index in [1.165, 1.54) is 6.07 Å². The summed E-state index contributed by atoms with van der Waals surface area (Å²) in [6.45, 7) is 5.94. The van der Waals surface area contributed by atoms with Crippen molar-refractivity contribution in [1.82, 2.24) is 4.90 Å². The van der Waals surface area contributed by atoms with Crippen LogP contribution < -0.4 is 4.90 Å². The average molecular weight is 261 g/mol. The van der Waals surface area contributed by atoms with Crippen LogP contribution in [-0.2, 0) is 0 Å². The Bertz CT molecular complexity index is 492. The van der Waals surface area contributed by atoms with Crippen LogP contribution in [0.5, 0.6) is 0 Å². The van der Waals surface area contributed by atoms with Gasteiger partial charge >= 0.3 is 0 Å². The van der Waals surface area contributed by atoms with Crippen LogP contribution in [0.4, 0.5) is 10.1 Å². The summed E-state index contributed by atoms with van der Waals surface area (Å²) in [6, 6.07) is 8.98. The largest absolute Gasteiger partial charge is 0.364 e. The summed E-state index contributed by atoms with van der Waals surface area (Å²) in [6.07, 6.45) is 0.455. The standard InChI is InChI=1S/C15H20FN3/c1-15(2)11-19(13-6-4-5-12(16)9-13)14(7-8-17)10-18(15)3/h4-6,9,14H,7,10-11H2,1-3H3. The molecule has 1 aliphatic rings. The second-order valence-corrected chi connectivity index (χ2v) is 5.82. The Labute approximate surface area is 114 Å². The van der Waals surface area contributed by atoms with Crippen LogP contribution in [-0.4, -0.2) is 36.6 Å². The highest BCUT2D eigenvalue weighted by atomic mass is 19.1. The lowest BCUT2D eigenvalue weighted by Gasteiger charge is -2.50. The fraction of sp³-hybridized carbons (Fsp3) is 0.533. The first kappa shape index (κ1) is 13.8. The Kier molecular flexibility index (Phi) is 3.77. The second kappa shape index (κ2) is 5.18. The van der Waals surface area contributed by atoms with Crippen molar-refractivity contribution in [1.29, 1.82) is 5.26 Å². The highest BCUT2D eigenvalue weighted by Crippen LogP contribution is 2.29. The van der Waals surface area contributed by atoms with E-state index in [4.69, 9.17) is 5.26 Å². The maximum atomic E-state index is 13.4. The van der Waals surface area contributed by atoms with E-state index >= 15 is 0 Å². The third-order valence-corrected chi connectivity index (χ3v) is 3.98. The first-order valence-corrected chi connectivity index (χ1v) is 6.54. The van der Waals surface area contributed by atoms with Crippen LogP contribution in [0.2, 0.25) is 0 Å². The second-order valence-electron chi connectivity index (χ2n) is 5.82. The molecule has 0 spiro atoms. The van der Waals surface area contributed by atoms with Gasteiger partial charge in [-0.1, -0.05) is 6.07 Å². The molecule has 1 fully saturated rings. The molecule has 1 aromatic rings. The number of halogens is 1. The molecule has 1 heterocycles. The fourth-order valence-electron chi connectivity index (χ4n) is 2.57. The molecule has 0 radical (unpaired) electrons. The Balaban J connectivity index is 2.31. The van der Waals surface area contributed by atoms with Crippen LogP contribution in [0.25, 0.3) is 0 Å². The smallest absolute Gasteiger partial charge is 0.125 e. The lowest BCUT2D eigenvalue weighted by molar-refractivity contribution is 0.115. The maximum Gasteiger partial charge on any atom is 0.125 e. The van der Waals surface area contributed by atoms with E-state index in [-0.39, 0.29) is 17.4 Å². The highest BCUT2D eigenvalue weighted by Gasteiger charge is 2.36. The molecule has 1 atom stereocenters. The number of likely N-dealkylation sites (N-methyl/N-ethyl adjacent to an activating group) is 1. The number of anilines is 1. The van der Waals surface area contributed by atoms with Crippen molar-refractivity contribution in [3.05, 3.63) is 30.1 Å². The molecule has 0 aliphatic carbocycles. The van der Waals surface area contributed by atoms with E-state index in [2.05, 4.69) is 36.8 Å². The van der Waals surface area contributed by atoms with Crippen molar-refractivity contribution in [3.63, 3.8) is 0 Å². The van der Waals surface area contributed by atoms with Crippen LogP contribution in [0.3, 0.4) is 0 Å². The normalized spacial score (nSPS) is 23.1. The molecule has 19 heavy (non-hydrogen) atoms. The molecule has 0 bridgehead atoms. The molecular weight excluding hydrogens is 241 g/mol. The van der Waals surface area contributed by atoms with Gasteiger partial charge in [-0.3, -0.25) is 4.90 Å². The lowest BCUT2D eigenvalue weighted by Crippen LogP contribution is -2.62. The fourth-order valence-corrected chi connectivity index (χ4v) is 2.57.